The number of aliphatic carboxylic acids is 1. The second kappa shape index (κ2) is 6.36. The summed E-state index contributed by atoms with van der Waals surface area (Å²) in [5.74, 6) is -0.910. The fourth-order valence-electron chi connectivity index (χ4n) is 2.25. The Labute approximate surface area is 112 Å². The molecule has 0 bridgehead atoms. The van der Waals surface area contributed by atoms with Crippen LogP contribution in [0.5, 0.6) is 0 Å². The number of carboxylic acid groups (broad SMARTS) is 1. The van der Waals surface area contributed by atoms with Gasteiger partial charge in [0.1, 0.15) is 5.69 Å². The molecule has 6 nitrogen and oxygen atoms in total. The second-order valence-electron chi connectivity index (χ2n) is 4.81. The van der Waals surface area contributed by atoms with Gasteiger partial charge in [-0.15, -0.1) is 0 Å². The first-order valence-electron chi connectivity index (χ1n) is 6.71. The summed E-state index contributed by atoms with van der Waals surface area (Å²) in [6.45, 7) is 1.88. The van der Waals surface area contributed by atoms with Crippen molar-refractivity contribution in [2.45, 2.75) is 38.6 Å². The second-order valence-corrected chi connectivity index (χ2v) is 4.81. The van der Waals surface area contributed by atoms with E-state index in [-0.39, 0.29) is 12.3 Å². The summed E-state index contributed by atoms with van der Waals surface area (Å²) < 4.78 is 1.51. The average Bonchev–Trinajstić information content (AvgIpc) is 2.69. The number of aromatic nitrogens is 2. The van der Waals surface area contributed by atoms with Crippen molar-refractivity contribution in [3.8, 4) is 0 Å². The number of amides is 1. The van der Waals surface area contributed by atoms with Crippen molar-refractivity contribution in [2.75, 3.05) is 13.1 Å². The van der Waals surface area contributed by atoms with Crippen molar-refractivity contribution in [3.63, 3.8) is 0 Å². The van der Waals surface area contributed by atoms with Crippen LogP contribution in [0.25, 0.3) is 0 Å². The van der Waals surface area contributed by atoms with E-state index in [4.69, 9.17) is 5.11 Å². The Morgan fingerprint density at radius 1 is 1.21 bits per heavy atom. The number of likely N-dealkylation sites (tertiary alicyclic amines) is 1. The molecule has 19 heavy (non-hydrogen) atoms. The number of aryl methyl sites for hydroxylation is 1. The maximum absolute atomic E-state index is 12.2. The summed E-state index contributed by atoms with van der Waals surface area (Å²) in [7, 11) is 0. The van der Waals surface area contributed by atoms with Gasteiger partial charge >= 0.3 is 5.97 Å². The van der Waals surface area contributed by atoms with E-state index in [0.29, 0.717) is 12.2 Å². The van der Waals surface area contributed by atoms with Crippen molar-refractivity contribution < 1.29 is 14.7 Å². The highest BCUT2D eigenvalue weighted by atomic mass is 16.4. The van der Waals surface area contributed by atoms with Crippen LogP contribution in [-0.2, 0) is 11.3 Å². The molecule has 1 fully saturated rings. The number of rotatable bonds is 4. The largest absolute Gasteiger partial charge is 0.481 e. The maximum Gasteiger partial charge on any atom is 0.305 e. The molecule has 0 aromatic carbocycles. The maximum atomic E-state index is 12.2. The number of nitrogens with zero attached hydrogens (tertiary/aromatic N) is 3. The fraction of sp³-hybridized carbons (Fsp3) is 0.615. The zero-order chi connectivity index (χ0) is 13.7. The normalized spacial score (nSPS) is 16.1. The van der Waals surface area contributed by atoms with Gasteiger partial charge in [0.05, 0.1) is 13.0 Å². The molecule has 2 rings (SSSR count). The van der Waals surface area contributed by atoms with Gasteiger partial charge in [0.25, 0.3) is 5.91 Å². The van der Waals surface area contributed by atoms with Crippen LogP contribution in [0.15, 0.2) is 12.3 Å². The van der Waals surface area contributed by atoms with Crippen molar-refractivity contribution in [2.24, 2.45) is 0 Å². The Morgan fingerprint density at radius 3 is 2.53 bits per heavy atom. The third-order valence-electron chi connectivity index (χ3n) is 3.31. The van der Waals surface area contributed by atoms with Gasteiger partial charge in [-0.05, 0) is 18.9 Å². The predicted molar refractivity (Wildman–Crippen MR) is 68.9 cm³/mol. The monoisotopic (exact) mass is 265 g/mol. The average molecular weight is 265 g/mol. The number of carbonyl (C=O) groups excluding carboxylic acids is 1. The van der Waals surface area contributed by atoms with Gasteiger partial charge in [-0.3, -0.25) is 14.3 Å². The van der Waals surface area contributed by atoms with Crippen LogP contribution in [0.2, 0.25) is 0 Å². The Bertz CT molecular complexity index is 448. The van der Waals surface area contributed by atoms with Crippen molar-refractivity contribution in [1.29, 1.82) is 0 Å². The van der Waals surface area contributed by atoms with E-state index in [9.17, 15) is 9.59 Å². The summed E-state index contributed by atoms with van der Waals surface area (Å²) in [5.41, 5.74) is 0.410. The van der Waals surface area contributed by atoms with Crippen LogP contribution < -0.4 is 0 Å². The number of carbonyl (C=O) groups is 2. The minimum absolute atomic E-state index is 0.0129. The van der Waals surface area contributed by atoms with Crippen LogP contribution in [0.1, 0.15) is 42.6 Å². The fourth-order valence-corrected chi connectivity index (χ4v) is 2.25. The topological polar surface area (TPSA) is 75.4 Å². The first-order valence-corrected chi connectivity index (χ1v) is 6.71. The molecule has 1 amide bonds. The minimum atomic E-state index is -0.865. The minimum Gasteiger partial charge on any atom is -0.481 e. The molecular weight excluding hydrogens is 246 g/mol. The highest BCUT2D eigenvalue weighted by molar-refractivity contribution is 5.92. The molecule has 0 spiro atoms. The Hall–Kier alpha value is -1.85. The highest BCUT2D eigenvalue weighted by Gasteiger charge is 2.19. The zero-order valence-corrected chi connectivity index (χ0v) is 10.9. The molecule has 1 aromatic heterocycles. The molecule has 1 N–H and O–H groups in total. The van der Waals surface area contributed by atoms with Gasteiger partial charge in [-0.25, -0.2) is 0 Å². The molecule has 1 saturated heterocycles. The van der Waals surface area contributed by atoms with Crippen LogP contribution >= 0.6 is 0 Å². The lowest BCUT2D eigenvalue weighted by atomic mass is 10.2. The third kappa shape index (κ3) is 3.81. The molecular formula is C13H19N3O3. The van der Waals surface area contributed by atoms with Gasteiger partial charge in [-0.2, -0.15) is 5.10 Å². The molecule has 1 aromatic rings. The summed E-state index contributed by atoms with van der Waals surface area (Å²) in [6, 6.07) is 1.66. The SMILES string of the molecule is O=C(O)CCn1ccc(C(=O)N2CCCCCC2)n1. The van der Waals surface area contributed by atoms with Gasteiger partial charge in [0.2, 0.25) is 0 Å². The lowest BCUT2D eigenvalue weighted by Crippen LogP contribution is -2.32. The van der Waals surface area contributed by atoms with E-state index in [1.165, 1.54) is 17.5 Å². The molecule has 6 heteroatoms. The van der Waals surface area contributed by atoms with E-state index >= 15 is 0 Å². The molecule has 0 radical (unpaired) electrons. The van der Waals surface area contributed by atoms with E-state index in [2.05, 4.69) is 5.10 Å². The summed E-state index contributed by atoms with van der Waals surface area (Å²) in [6.07, 6.45) is 6.12. The van der Waals surface area contributed by atoms with E-state index in [0.717, 1.165) is 25.9 Å². The van der Waals surface area contributed by atoms with Gasteiger partial charge in [0, 0.05) is 19.3 Å². The molecule has 0 aliphatic carbocycles. The van der Waals surface area contributed by atoms with E-state index in [1.54, 1.807) is 12.3 Å². The zero-order valence-electron chi connectivity index (χ0n) is 10.9. The van der Waals surface area contributed by atoms with Crippen molar-refractivity contribution in [1.82, 2.24) is 14.7 Å². The summed E-state index contributed by atoms with van der Waals surface area (Å²) in [5, 5.41) is 12.8. The predicted octanol–water partition coefficient (Wildman–Crippen LogP) is 1.37. The standard InChI is InChI=1S/C13H19N3O3/c17-12(18)6-10-16-9-5-11(14-16)13(19)15-7-3-1-2-4-8-15/h5,9H,1-4,6-8,10H2,(H,17,18). The molecule has 0 unspecified atom stereocenters. The number of hydrogen-bond donors (Lipinski definition) is 1. The molecule has 104 valence electrons. The van der Waals surface area contributed by atoms with E-state index < -0.39 is 5.97 Å². The molecule has 1 aliphatic rings. The van der Waals surface area contributed by atoms with E-state index in [1.807, 2.05) is 4.90 Å². The van der Waals surface area contributed by atoms with Crippen LogP contribution in [0.4, 0.5) is 0 Å². The smallest absolute Gasteiger partial charge is 0.305 e. The highest BCUT2D eigenvalue weighted by Crippen LogP contribution is 2.12. The van der Waals surface area contributed by atoms with Crippen molar-refractivity contribution >= 4 is 11.9 Å². The first kappa shape index (κ1) is 13.6. The Balaban J connectivity index is 1.96. The van der Waals surface area contributed by atoms with Crippen molar-refractivity contribution in [3.05, 3.63) is 18.0 Å². The molecule has 0 saturated carbocycles. The summed E-state index contributed by atoms with van der Waals surface area (Å²) >= 11 is 0. The summed E-state index contributed by atoms with van der Waals surface area (Å²) in [4.78, 5) is 24.6. The third-order valence-corrected chi connectivity index (χ3v) is 3.31. The quantitative estimate of drug-likeness (QED) is 0.892. The number of carboxylic acids is 1. The van der Waals surface area contributed by atoms with Crippen LogP contribution in [0, 0.1) is 0 Å². The van der Waals surface area contributed by atoms with Gasteiger partial charge in [0.15, 0.2) is 0 Å². The van der Waals surface area contributed by atoms with Crippen LogP contribution in [-0.4, -0.2) is 44.8 Å². The number of hydrogen-bond acceptors (Lipinski definition) is 3. The van der Waals surface area contributed by atoms with Crippen LogP contribution in [0.3, 0.4) is 0 Å². The molecule has 0 atom stereocenters. The lowest BCUT2D eigenvalue weighted by molar-refractivity contribution is -0.137. The molecule has 2 heterocycles. The molecule has 1 aliphatic heterocycles. The van der Waals surface area contributed by atoms with Gasteiger partial charge < -0.3 is 10.0 Å². The van der Waals surface area contributed by atoms with Gasteiger partial charge in [-0.1, -0.05) is 12.8 Å². The first-order chi connectivity index (χ1) is 9.16. The lowest BCUT2D eigenvalue weighted by Gasteiger charge is -2.18. The Kier molecular flexibility index (Phi) is 4.54. The Morgan fingerprint density at radius 2 is 1.89 bits per heavy atom.